The number of halogens is 2. The summed E-state index contributed by atoms with van der Waals surface area (Å²) in [6, 6.07) is 3.69. The lowest BCUT2D eigenvalue weighted by Crippen LogP contribution is -2.46. The van der Waals surface area contributed by atoms with E-state index < -0.39 is 0 Å². The number of rotatable bonds is 7. The maximum Gasteiger partial charge on any atom is 0.148 e. The Bertz CT molecular complexity index is 428. The van der Waals surface area contributed by atoms with Crippen molar-refractivity contribution >= 4 is 37.5 Å². The van der Waals surface area contributed by atoms with Gasteiger partial charge >= 0.3 is 0 Å². The number of anilines is 1. The molecule has 1 aromatic rings. The molecule has 3 nitrogen and oxygen atoms in total. The Kier molecular flexibility index (Phi) is 6.36. The van der Waals surface area contributed by atoms with Crippen LogP contribution in [0, 0.1) is 0 Å². The molecular weight excluding hydrogens is 372 g/mol. The molecule has 0 bridgehead atoms. The van der Waals surface area contributed by atoms with Gasteiger partial charge < -0.3 is 15.0 Å². The van der Waals surface area contributed by atoms with Crippen molar-refractivity contribution in [1.82, 2.24) is 0 Å². The van der Waals surface area contributed by atoms with Crippen LogP contribution in [-0.2, 0) is 0 Å². The Balaban J connectivity index is 2.65. The molecule has 0 aliphatic rings. The van der Waals surface area contributed by atoms with E-state index in [9.17, 15) is 0 Å². The highest BCUT2D eigenvalue weighted by Gasteiger charge is 2.18. The van der Waals surface area contributed by atoms with E-state index in [1.54, 1.807) is 0 Å². The van der Waals surface area contributed by atoms with E-state index >= 15 is 0 Å². The molecule has 1 atom stereocenters. The van der Waals surface area contributed by atoms with Crippen molar-refractivity contribution in [3.63, 3.8) is 0 Å². The van der Waals surface area contributed by atoms with Crippen LogP contribution in [0.3, 0.4) is 0 Å². The Morgan fingerprint density at radius 3 is 2.42 bits per heavy atom. The second-order valence-corrected chi connectivity index (χ2v) is 6.50. The van der Waals surface area contributed by atoms with Gasteiger partial charge in [0.1, 0.15) is 18.9 Å². The van der Waals surface area contributed by atoms with Crippen molar-refractivity contribution in [1.29, 1.82) is 0 Å². The maximum atomic E-state index is 5.87. The van der Waals surface area contributed by atoms with E-state index in [1.807, 2.05) is 18.2 Å². The lowest BCUT2D eigenvalue weighted by atomic mass is 10.3. The summed E-state index contributed by atoms with van der Waals surface area (Å²) >= 11 is 6.94. The van der Waals surface area contributed by atoms with Gasteiger partial charge in [-0.25, -0.2) is 0 Å². The van der Waals surface area contributed by atoms with Gasteiger partial charge in [0.2, 0.25) is 0 Å². The predicted octanol–water partition coefficient (Wildman–Crippen LogP) is 3.83. The van der Waals surface area contributed by atoms with E-state index in [-0.39, 0.29) is 0 Å². The molecule has 1 rings (SSSR count). The summed E-state index contributed by atoms with van der Waals surface area (Å²) in [4.78, 5) is 0. The molecule has 1 aromatic carbocycles. The first-order valence-corrected chi connectivity index (χ1v) is 7.82. The Morgan fingerprint density at radius 1 is 1.37 bits per heavy atom. The minimum absolute atomic E-state index is 0.652. The zero-order valence-electron chi connectivity index (χ0n) is 11.5. The second-order valence-electron chi connectivity index (χ2n) is 4.79. The number of hydrogen-bond donors (Lipinski definition) is 1. The molecule has 0 radical (unpaired) electrons. The normalized spacial score (nSPS) is 13.9. The third kappa shape index (κ3) is 4.82. The number of nitrogens with two attached hydrogens (primary N) is 1. The molecule has 0 aliphatic carbocycles. The topological polar surface area (TPSA) is 35.2 Å². The highest BCUT2D eigenvalue weighted by molar-refractivity contribution is 9.11. The summed E-state index contributed by atoms with van der Waals surface area (Å²) in [5, 5.41) is 0. The van der Waals surface area contributed by atoms with E-state index in [4.69, 9.17) is 10.5 Å². The van der Waals surface area contributed by atoms with Crippen LogP contribution in [0.2, 0.25) is 0 Å². The number of benzene rings is 1. The fraction of sp³-hybridized carbons (Fsp3) is 0.429. The van der Waals surface area contributed by atoms with Crippen LogP contribution in [0.1, 0.15) is 6.92 Å². The first-order valence-electron chi connectivity index (χ1n) is 6.23. The average molecular weight is 393 g/mol. The number of ether oxygens (including phenoxy) is 1. The third-order valence-corrected chi connectivity index (χ3v) is 4.41. The SMILES string of the molecule is C=CC[N+](C)(CC)CCOc1c(Br)cc(N)cc1Br. The van der Waals surface area contributed by atoms with Crippen molar-refractivity contribution in [2.24, 2.45) is 0 Å². The Morgan fingerprint density at radius 2 is 1.95 bits per heavy atom. The van der Waals surface area contributed by atoms with Gasteiger partial charge in [0.05, 0.1) is 29.1 Å². The monoisotopic (exact) mass is 391 g/mol. The summed E-state index contributed by atoms with van der Waals surface area (Å²) in [6.45, 7) is 9.58. The van der Waals surface area contributed by atoms with Gasteiger partial charge in [0.25, 0.3) is 0 Å². The lowest BCUT2D eigenvalue weighted by molar-refractivity contribution is -0.902. The summed E-state index contributed by atoms with van der Waals surface area (Å²) in [5.74, 6) is 0.801. The summed E-state index contributed by atoms with van der Waals surface area (Å²) in [5.41, 5.74) is 6.46. The summed E-state index contributed by atoms with van der Waals surface area (Å²) < 4.78 is 8.53. The predicted molar refractivity (Wildman–Crippen MR) is 88.4 cm³/mol. The van der Waals surface area contributed by atoms with Crippen molar-refractivity contribution in [2.45, 2.75) is 6.92 Å². The Labute approximate surface area is 132 Å². The molecule has 0 fully saturated rings. The average Bonchev–Trinajstić information content (AvgIpc) is 2.33. The van der Waals surface area contributed by atoms with E-state index in [1.165, 1.54) is 0 Å². The van der Waals surface area contributed by atoms with Crippen LogP contribution in [0.4, 0.5) is 5.69 Å². The Hall–Kier alpha value is -0.520. The van der Waals surface area contributed by atoms with Crippen LogP contribution >= 0.6 is 31.9 Å². The third-order valence-electron chi connectivity index (χ3n) is 3.23. The molecular formula is C14H21Br2N2O+. The molecule has 5 heteroatoms. The van der Waals surface area contributed by atoms with Crippen LogP contribution in [0.5, 0.6) is 5.75 Å². The molecule has 0 aromatic heterocycles. The lowest BCUT2D eigenvalue weighted by Gasteiger charge is -2.32. The quantitative estimate of drug-likeness (QED) is 0.434. The second kappa shape index (κ2) is 7.31. The number of quaternary nitrogens is 1. The van der Waals surface area contributed by atoms with E-state index in [0.29, 0.717) is 12.3 Å². The molecule has 0 amide bonds. The van der Waals surface area contributed by atoms with Gasteiger partial charge in [0, 0.05) is 5.69 Å². The minimum atomic E-state index is 0.652. The molecule has 1 unspecified atom stereocenters. The molecule has 0 saturated carbocycles. The first kappa shape index (κ1) is 16.5. The summed E-state index contributed by atoms with van der Waals surface area (Å²) in [7, 11) is 2.21. The van der Waals surface area contributed by atoms with Crippen molar-refractivity contribution in [3.05, 3.63) is 33.7 Å². The highest BCUT2D eigenvalue weighted by atomic mass is 79.9. The highest BCUT2D eigenvalue weighted by Crippen LogP contribution is 2.35. The largest absolute Gasteiger partial charge is 0.485 e. The van der Waals surface area contributed by atoms with Crippen LogP contribution in [0.15, 0.2) is 33.7 Å². The number of nitrogens with zero attached hydrogens (tertiary/aromatic N) is 1. The molecule has 0 saturated heterocycles. The van der Waals surface area contributed by atoms with Crippen molar-refractivity contribution < 1.29 is 9.22 Å². The summed E-state index contributed by atoms with van der Waals surface area (Å²) in [6.07, 6.45) is 1.96. The minimum Gasteiger partial charge on any atom is -0.485 e. The van der Waals surface area contributed by atoms with Crippen molar-refractivity contribution in [3.8, 4) is 5.75 Å². The molecule has 106 valence electrons. The van der Waals surface area contributed by atoms with Crippen LogP contribution < -0.4 is 10.5 Å². The van der Waals surface area contributed by atoms with Gasteiger partial charge in [-0.3, -0.25) is 0 Å². The first-order chi connectivity index (χ1) is 8.91. The zero-order valence-corrected chi connectivity index (χ0v) is 14.6. The molecule has 0 heterocycles. The smallest absolute Gasteiger partial charge is 0.148 e. The fourth-order valence-corrected chi connectivity index (χ4v) is 3.23. The van der Waals surface area contributed by atoms with E-state index in [0.717, 1.165) is 38.8 Å². The van der Waals surface area contributed by atoms with Crippen LogP contribution in [-0.4, -0.2) is 37.8 Å². The number of nitrogen functional groups attached to an aromatic ring is 1. The van der Waals surface area contributed by atoms with Gasteiger partial charge in [-0.15, -0.1) is 0 Å². The molecule has 0 spiro atoms. The molecule has 0 aliphatic heterocycles. The number of hydrogen-bond acceptors (Lipinski definition) is 2. The zero-order chi connectivity index (χ0) is 14.5. The van der Waals surface area contributed by atoms with E-state index in [2.05, 4.69) is 52.4 Å². The molecule has 2 N–H and O–H groups in total. The van der Waals surface area contributed by atoms with Crippen LogP contribution in [0.25, 0.3) is 0 Å². The van der Waals surface area contributed by atoms with Gasteiger partial charge in [-0.2, -0.15) is 0 Å². The fourth-order valence-electron chi connectivity index (χ4n) is 1.78. The number of likely N-dealkylation sites (N-methyl/N-ethyl adjacent to an activating group) is 1. The maximum absolute atomic E-state index is 5.87. The van der Waals surface area contributed by atoms with Crippen molar-refractivity contribution in [2.75, 3.05) is 39.0 Å². The van der Waals surface area contributed by atoms with Gasteiger partial charge in [-0.05, 0) is 57.0 Å². The van der Waals surface area contributed by atoms with Gasteiger partial charge in [0.15, 0.2) is 0 Å². The molecule has 19 heavy (non-hydrogen) atoms. The van der Waals surface area contributed by atoms with Gasteiger partial charge in [-0.1, -0.05) is 6.58 Å². The standard InChI is InChI=1S/C14H21Br2N2O/c1-4-6-18(3,5-2)7-8-19-14-12(15)9-11(17)10-13(14)16/h4,9-10H,1,5-8,17H2,2-3H3/q+1.